The molecule has 2 aromatic rings. The van der Waals surface area contributed by atoms with Crippen molar-refractivity contribution in [3.05, 3.63) is 54.3 Å². The molecule has 3 rings (SSSR count). The maximum atomic E-state index is 12.9. The van der Waals surface area contributed by atoms with E-state index >= 15 is 0 Å². The number of carbonyl (C=O) groups excluding carboxylic acids is 2. The second kappa shape index (κ2) is 9.45. The van der Waals surface area contributed by atoms with Gasteiger partial charge in [-0.1, -0.05) is 0 Å². The fourth-order valence-corrected chi connectivity index (χ4v) is 5.06. The lowest BCUT2D eigenvalue weighted by Crippen LogP contribution is -2.59. The molecule has 1 heterocycles. The number of amides is 2. The number of ether oxygens (including phenoxy) is 1. The van der Waals surface area contributed by atoms with Crippen LogP contribution >= 0.6 is 11.8 Å². The minimum absolute atomic E-state index is 0.00518. The Kier molecular flexibility index (Phi) is 6.95. The van der Waals surface area contributed by atoms with Gasteiger partial charge in [0.15, 0.2) is 15.1 Å². The van der Waals surface area contributed by atoms with Crippen molar-refractivity contribution >= 4 is 39.1 Å². The van der Waals surface area contributed by atoms with Crippen molar-refractivity contribution < 1.29 is 27.1 Å². The molecule has 3 N–H and O–H groups in total. The number of sulfone groups is 1. The summed E-state index contributed by atoms with van der Waals surface area (Å²) in [6, 6.07) is 11.1. The molecule has 0 bridgehead atoms. The first-order valence-electron chi connectivity index (χ1n) is 8.88. The van der Waals surface area contributed by atoms with E-state index in [1.807, 2.05) is 0 Å². The molecule has 160 valence electrons. The van der Waals surface area contributed by atoms with E-state index in [4.69, 9.17) is 4.74 Å². The third kappa shape index (κ3) is 5.29. The zero-order valence-electron chi connectivity index (χ0n) is 15.9. The SMILES string of the molecule is COc1ccc(S(=O)(=O)C2CNC(SCC(=O)Nc3ccc(F)cc3)NC2=O)cc1. The lowest BCUT2D eigenvalue weighted by atomic mass is 10.3. The van der Waals surface area contributed by atoms with E-state index < -0.39 is 32.3 Å². The number of methoxy groups -OCH3 is 1. The molecule has 0 aromatic heterocycles. The smallest absolute Gasteiger partial charge is 0.241 e. The third-order valence-corrected chi connectivity index (χ3v) is 7.43. The van der Waals surface area contributed by atoms with Crippen LogP contribution in [0.4, 0.5) is 10.1 Å². The van der Waals surface area contributed by atoms with Crippen LogP contribution in [0.5, 0.6) is 5.75 Å². The van der Waals surface area contributed by atoms with Crippen LogP contribution < -0.4 is 20.7 Å². The maximum Gasteiger partial charge on any atom is 0.241 e. The van der Waals surface area contributed by atoms with Gasteiger partial charge < -0.3 is 15.4 Å². The number of rotatable bonds is 7. The molecule has 1 aliphatic rings. The highest BCUT2D eigenvalue weighted by Crippen LogP contribution is 2.22. The number of carbonyl (C=O) groups is 2. The highest BCUT2D eigenvalue weighted by atomic mass is 32.2. The molecule has 2 aromatic carbocycles. The fraction of sp³-hybridized carbons (Fsp3) is 0.263. The van der Waals surface area contributed by atoms with Crippen LogP contribution in [-0.4, -0.2) is 50.4 Å². The van der Waals surface area contributed by atoms with E-state index in [9.17, 15) is 22.4 Å². The lowest BCUT2D eigenvalue weighted by Gasteiger charge is -2.29. The molecule has 0 saturated carbocycles. The van der Waals surface area contributed by atoms with E-state index in [-0.39, 0.29) is 23.1 Å². The van der Waals surface area contributed by atoms with Gasteiger partial charge in [-0.15, -0.1) is 11.8 Å². The number of nitrogens with one attached hydrogen (secondary N) is 3. The van der Waals surface area contributed by atoms with E-state index in [0.29, 0.717) is 11.4 Å². The fourth-order valence-electron chi connectivity index (χ4n) is 2.75. The first-order valence-corrected chi connectivity index (χ1v) is 11.5. The summed E-state index contributed by atoms with van der Waals surface area (Å²) < 4.78 is 43.4. The average molecular weight is 454 g/mol. The highest BCUT2D eigenvalue weighted by Gasteiger charge is 2.38. The van der Waals surface area contributed by atoms with Gasteiger partial charge in [0.25, 0.3) is 0 Å². The zero-order valence-corrected chi connectivity index (χ0v) is 17.6. The van der Waals surface area contributed by atoms with Gasteiger partial charge >= 0.3 is 0 Å². The Labute approximate surface area is 177 Å². The van der Waals surface area contributed by atoms with Crippen LogP contribution in [0, 0.1) is 5.82 Å². The predicted octanol–water partition coefficient (Wildman–Crippen LogP) is 1.35. The lowest BCUT2D eigenvalue weighted by molar-refractivity contribution is -0.122. The quantitative estimate of drug-likeness (QED) is 0.580. The van der Waals surface area contributed by atoms with Crippen LogP contribution in [0.15, 0.2) is 53.4 Å². The Hall–Kier alpha value is -2.63. The molecule has 1 aliphatic heterocycles. The number of hydrogen-bond acceptors (Lipinski definition) is 7. The number of thioether (sulfide) groups is 1. The van der Waals surface area contributed by atoms with Crippen molar-refractivity contribution in [2.45, 2.75) is 15.6 Å². The van der Waals surface area contributed by atoms with Crippen LogP contribution in [0.25, 0.3) is 0 Å². The summed E-state index contributed by atoms with van der Waals surface area (Å²) in [5.74, 6) is -0.867. The third-order valence-electron chi connectivity index (χ3n) is 4.33. The van der Waals surface area contributed by atoms with Crippen molar-refractivity contribution in [3.8, 4) is 5.75 Å². The van der Waals surface area contributed by atoms with Crippen LogP contribution in [0.3, 0.4) is 0 Å². The standard InChI is InChI=1S/C19H20FN3O5S2/c1-28-14-6-8-15(9-7-14)30(26,27)16-10-21-19(23-18(16)25)29-11-17(24)22-13-4-2-12(20)3-5-13/h2-9,16,19,21H,10-11H2,1H3,(H,22,24)(H,23,25). The molecule has 0 spiro atoms. The van der Waals surface area contributed by atoms with E-state index in [1.165, 1.54) is 55.6 Å². The molecule has 0 radical (unpaired) electrons. The van der Waals surface area contributed by atoms with Crippen molar-refractivity contribution in [1.29, 1.82) is 0 Å². The minimum atomic E-state index is -3.88. The van der Waals surface area contributed by atoms with Gasteiger partial charge in [-0.2, -0.15) is 0 Å². The first-order chi connectivity index (χ1) is 14.3. The molecule has 30 heavy (non-hydrogen) atoms. The number of halogens is 1. The Morgan fingerprint density at radius 3 is 2.47 bits per heavy atom. The van der Waals surface area contributed by atoms with Crippen LogP contribution in [0.1, 0.15) is 0 Å². The summed E-state index contributed by atoms with van der Waals surface area (Å²) in [5, 5.41) is 6.82. The average Bonchev–Trinajstić information content (AvgIpc) is 2.74. The largest absolute Gasteiger partial charge is 0.497 e. The van der Waals surface area contributed by atoms with E-state index in [2.05, 4.69) is 16.0 Å². The molecular weight excluding hydrogens is 433 g/mol. The first kappa shape index (κ1) is 22.1. The Bertz CT molecular complexity index is 1010. The van der Waals surface area contributed by atoms with Crippen molar-refractivity contribution in [2.24, 2.45) is 0 Å². The second-order valence-electron chi connectivity index (χ2n) is 6.37. The number of benzene rings is 2. The van der Waals surface area contributed by atoms with Crippen LogP contribution in [0.2, 0.25) is 0 Å². The molecule has 2 unspecified atom stereocenters. The van der Waals surface area contributed by atoms with Gasteiger partial charge in [-0.25, -0.2) is 12.8 Å². The normalized spacial score (nSPS) is 19.1. The molecule has 11 heteroatoms. The molecule has 0 aliphatic carbocycles. The summed E-state index contributed by atoms with van der Waals surface area (Å²) >= 11 is 1.10. The molecule has 2 amide bonds. The van der Waals surface area contributed by atoms with E-state index in [0.717, 1.165) is 11.8 Å². The Morgan fingerprint density at radius 1 is 1.20 bits per heavy atom. The van der Waals surface area contributed by atoms with Gasteiger partial charge in [0.1, 0.15) is 17.1 Å². The Balaban J connectivity index is 1.53. The number of hydrogen-bond donors (Lipinski definition) is 3. The molecular formula is C19H20FN3O5S2. The van der Waals surface area contributed by atoms with Gasteiger partial charge in [-0.3, -0.25) is 14.9 Å². The van der Waals surface area contributed by atoms with Gasteiger partial charge in [-0.05, 0) is 48.5 Å². The summed E-state index contributed by atoms with van der Waals surface area (Å²) in [6.07, 6.45) is 0. The zero-order chi connectivity index (χ0) is 21.7. The van der Waals surface area contributed by atoms with Crippen molar-refractivity contribution in [3.63, 3.8) is 0 Å². The summed E-state index contributed by atoms with van der Waals surface area (Å²) in [7, 11) is -2.41. The topological polar surface area (TPSA) is 114 Å². The van der Waals surface area contributed by atoms with Gasteiger partial charge in [0, 0.05) is 12.2 Å². The molecule has 1 saturated heterocycles. The predicted molar refractivity (Wildman–Crippen MR) is 111 cm³/mol. The molecule has 1 fully saturated rings. The van der Waals surface area contributed by atoms with Crippen molar-refractivity contribution in [2.75, 3.05) is 24.7 Å². The molecule has 2 atom stereocenters. The summed E-state index contributed by atoms with van der Waals surface area (Å²) in [4.78, 5) is 24.4. The maximum absolute atomic E-state index is 12.9. The van der Waals surface area contributed by atoms with Gasteiger partial charge in [0.05, 0.1) is 17.8 Å². The van der Waals surface area contributed by atoms with Crippen LogP contribution in [-0.2, 0) is 19.4 Å². The monoisotopic (exact) mass is 453 g/mol. The minimum Gasteiger partial charge on any atom is -0.497 e. The second-order valence-corrected chi connectivity index (χ2v) is 9.60. The van der Waals surface area contributed by atoms with Crippen molar-refractivity contribution in [1.82, 2.24) is 10.6 Å². The van der Waals surface area contributed by atoms with E-state index in [1.54, 1.807) is 0 Å². The van der Waals surface area contributed by atoms with Gasteiger partial charge in [0.2, 0.25) is 11.8 Å². The highest BCUT2D eigenvalue weighted by molar-refractivity contribution is 8.00. The number of anilines is 1. The summed E-state index contributed by atoms with van der Waals surface area (Å²) in [6.45, 7) is -0.0859. The molecule has 8 nitrogen and oxygen atoms in total. The Morgan fingerprint density at radius 2 is 1.87 bits per heavy atom. The summed E-state index contributed by atoms with van der Waals surface area (Å²) in [5.41, 5.74) is -0.160.